The number of para-hydroxylation sites is 1. The summed E-state index contributed by atoms with van der Waals surface area (Å²) in [7, 11) is 1.80. The van der Waals surface area contributed by atoms with E-state index in [1.807, 2.05) is 42.5 Å². The third-order valence-electron chi connectivity index (χ3n) is 4.34. The maximum Gasteiger partial charge on any atom is 0.237 e. The van der Waals surface area contributed by atoms with Crippen LogP contribution in [0.1, 0.15) is 18.9 Å². The highest BCUT2D eigenvalue weighted by molar-refractivity contribution is 7.99. The Balaban J connectivity index is 1.50. The van der Waals surface area contributed by atoms with Crippen LogP contribution in [0.25, 0.3) is 11.4 Å². The Morgan fingerprint density at radius 2 is 2.00 bits per heavy atom. The van der Waals surface area contributed by atoms with Crippen molar-refractivity contribution in [3.05, 3.63) is 54.9 Å². The van der Waals surface area contributed by atoms with Crippen molar-refractivity contribution in [1.29, 1.82) is 0 Å². The Morgan fingerprint density at radius 3 is 2.69 bits per heavy atom. The molecule has 6 nitrogen and oxygen atoms in total. The first-order chi connectivity index (χ1) is 12.7. The molecule has 0 unspecified atom stereocenters. The van der Waals surface area contributed by atoms with Crippen LogP contribution in [0.3, 0.4) is 0 Å². The summed E-state index contributed by atoms with van der Waals surface area (Å²) in [6, 6.07) is 13.9. The van der Waals surface area contributed by atoms with Crippen LogP contribution >= 0.6 is 11.8 Å². The standard InChI is InChI=1S/C19H19N5OS/c1-23(15-7-3-2-4-8-15)17(25)13-26-19-22-21-18(24(19)16-9-10-16)14-6-5-11-20-12-14/h2-8,11-12,16H,9-10,13H2,1H3. The van der Waals surface area contributed by atoms with Gasteiger partial charge in [0.05, 0.1) is 5.75 Å². The van der Waals surface area contributed by atoms with Crippen LogP contribution in [0.5, 0.6) is 0 Å². The predicted octanol–water partition coefficient (Wildman–Crippen LogP) is 3.43. The minimum Gasteiger partial charge on any atom is -0.315 e. The molecule has 1 aliphatic carbocycles. The number of hydrogen-bond donors (Lipinski definition) is 0. The van der Waals surface area contributed by atoms with Gasteiger partial charge in [-0.05, 0) is 37.1 Å². The lowest BCUT2D eigenvalue weighted by Crippen LogP contribution is -2.27. The second-order valence-electron chi connectivity index (χ2n) is 6.23. The van der Waals surface area contributed by atoms with Crippen LogP contribution in [-0.2, 0) is 4.79 Å². The van der Waals surface area contributed by atoms with E-state index in [1.165, 1.54) is 11.8 Å². The lowest BCUT2D eigenvalue weighted by atomic mass is 10.3. The van der Waals surface area contributed by atoms with Gasteiger partial charge in [0.1, 0.15) is 0 Å². The summed E-state index contributed by atoms with van der Waals surface area (Å²) in [5, 5.41) is 9.48. The highest BCUT2D eigenvalue weighted by Gasteiger charge is 2.30. The zero-order chi connectivity index (χ0) is 17.9. The number of rotatable bonds is 6. The van der Waals surface area contributed by atoms with E-state index >= 15 is 0 Å². The summed E-state index contributed by atoms with van der Waals surface area (Å²) in [6.45, 7) is 0. The first kappa shape index (κ1) is 16.8. The van der Waals surface area contributed by atoms with Crippen LogP contribution < -0.4 is 4.90 Å². The zero-order valence-corrected chi connectivity index (χ0v) is 15.3. The van der Waals surface area contributed by atoms with E-state index in [4.69, 9.17) is 0 Å². The lowest BCUT2D eigenvalue weighted by Gasteiger charge is -2.17. The number of pyridine rings is 1. The first-order valence-corrected chi connectivity index (χ1v) is 9.52. The molecule has 4 rings (SSSR count). The van der Waals surface area contributed by atoms with Crippen molar-refractivity contribution in [3.63, 3.8) is 0 Å². The van der Waals surface area contributed by atoms with Gasteiger partial charge in [-0.15, -0.1) is 10.2 Å². The van der Waals surface area contributed by atoms with E-state index in [1.54, 1.807) is 24.3 Å². The van der Waals surface area contributed by atoms with Gasteiger partial charge in [0.2, 0.25) is 5.91 Å². The second-order valence-corrected chi connectivity index (χ2v) is 7.17. The molecule has 1 fully saturated rings. The van der Waals surface area contributed by atoms with E-state index in [9.17, 15) is 4.79 Å². The summed E-state index contributed by atoms with van der Waals surface area (Å²) in [6.07, 6.45) is 5.79. The van der Waals surface area contributed by atoms with E-state index in [0.29, 0.717) is 11.8 Å². The van der Waals surface area contributed by atoms with Crippen LogP contribution in [0.15, 0.2) is 60.0 Å². The average molecular weight is 365 g/mol. The van der Waals surface area contributed by atoms with Crippen molar-refractivity contribution >= 4 is 23.4 Å². The third-order valence-corrected chi connectivity index (χ3v) is 5.27. The highest BCUT2D eigenvalue weighted by atomic mass is 32.2. The monoisotopic (exact) mass is 365 g/mol. The van der Waals surface area contributed by atoms with Gasteiger partial charge in [-0.25, -0.2) is 0 Å². The number of thioether (sulfide) groups is 1. The number of amides is 1. The number of benzene rings is 1. The smallest absolute Gasteiger partial charge is 0.237 e. The van der Waals surface area contributed by atoms with Gasteiger partial charge in [-0.2, -0.15) is 0 Å². The summed E-state index contributed by atoms with van der Waals surface area (Å²) in [4.78, 5) is 18.4. The molecule has 0 saturated heterocycles. The molecule has 3 aromatic rings. The molecule has 132 valence electrons. The van der Waals surface area contributed by atoms with Crippen molar-refractivity contribution in [2.75, 3.05) is 17.7 Å². The molecule has 0 aliphatic heterocycles. The topological polar surface area (TPSA) is 63.9 Å². The second kappa shape index (κ2) is 7.29. The molecule has 26 heavy (non-hydrogen) atoms. The number of hydrogen-bond acceptors (Lipinski definition) is 5. The number of carbonyl (C=O) groups excluding carboxylic acids is 1. The molecule has 0 atom stereocenters. The average Bonchev–Trinajstić information content (AvgIpc) is 3.45. The quantitative estimate of drug-likeness (QED) is 0.626. The third kappa shape index (κ3) is 3.48. The minimum atomic E-state index is 0.0366. The van der Waals surface area contributed by atoms with Gasteiger partial charge >= 0.3 is 0 Å². The number of anilines is 1. The molecule has 1 saturated carbocycles. The largest absolute Gasteiger partial charge is 0.315 e. The van der Waals surface area contributed by atoms with Crippen molar-refractivity contribution < 1.29 is 4.79 Å². The summed E-state index contributed by atoms with van der Waals surface area (Å²) in [5.74, 6) is 1.19. The molecular formula is C19H19N5OS. The molecule has 0 spiro atoms. The Labute approximate surface area is 156 Å². The maximum absolute atomic E-state index is 12.5. The summed E-state index contributed by atoms with van der Waals surface area (Å²) in [5.41, 5.74) is 1.84. The molecule has 1 aliphatic rings. The Bertz CT molecular complexity index is 893. The number of nitrogens with zero attached hydrogens (tertiary/aromatic N) is 5. The van der Waals surface area contributed by atoms with Gasteiger partial charge < -0.3 is 4.90 Å². The number of carbonyl (C=O) groups is 1. The van der Waals surface area contributed by atoms with Crippen LogP contribution in [-0.4, -0.2) is 38.5 Å². The fourth-order valence-electron chi connectivity index (χ4n) is 2.75. The Hall–Kier alpha value is -2.67. The van der Waals surface area contributed by atoms with Gasteiger partial charge in [0, 0.05) is 36.7 Å². The fraction of sp³-hybridized carbons (Fsp3) is 0.263. The maximum atomic E-state index is 12.5. The molecule has 0 bridgehead atoms. The molecule has 0 radical (unpaired) electrons. The molecule has 2 aromatic heterocycles. The zero-order valence-electron chi connectivity index (χ0n) is 14.4. The Morgan fingerprint density at radius 1 is 1.19 bits per heavy atom. The van der Waals surface area contributed by atoms with Gasteiger partial charge in [0.25, 0.3) is 0 Å². The van der Waals surface area contributed by atoms with Crippen LogP contribution in [0.4, 0.5) is 5.69 Å². The van der Waals surface area contributed by atoms with Crippen molar-refractivity contribution in [2.24, 2.45) is 0 Å². The minimum absolute atomic E-state index is 0.0366. The molecule has 2 heterocycles. The lowest BCUT2D eigenvalue weighted by molar-refractivity contribution is -0.115. The summed E-state index contributed by atoms with van der Waals surface area (Å²) >= 11 is 1.44. The summed E-state index contributed by atoms with van der Waals surface area (Å²) < 4.78 is 2.15. The van der Waals surface area contributed by atoms with Crippen molar-refractivity contribution in [1.82, 2.24) is 19.7 Å². The number of aromatic nitrogens is 4. The molecule has 1 aromatic carbocycles. The Kier molecular flexibility index (Phi) is 4.71. The van der Waals surface area contributed by atoms with Crippen molar-refractivity contribution in [2.45, 2.75) is 24.0 Å². The van der Waals surface area contributed by atoms with Gasteiger partial charge in [-0.1, -0.05) is 30.0 Å². The SMILES string of the molecule is CN(C(=O)CSc1nnc(-c2cccnc2)n1C1CC1)c1ccccc1. The molecule has 1 amide bonds. The highest BCUT2D eigenvalue weighted by Crippen LogP contribution is 2.40. The fourth-order valence-corrected chi connectivity index (χ4v) is 3.67. The normalized spacial score (nSPS) is 13.6. The predicted molar refractivity (Wildman–Crippen MR) is 102 cm³/mol. The van der Waals surface area contributed by atoms with E-state index < -0.39 is 0 Å². The van der Waals surface area contributed by atoms with Gasteiger partial charge in [0.15, 0.2) is 11.0 Å². The molecule has 7 heteroatoms. The van der Waals surface area contributed by atoms with Gasteiger partial charge in [-0.3, -0.25) is 14.3 Å². The van der Waals surface area contributed by atoms with Crippen molar-refractivity contribution in [3.8, 4) is 11.4 Å². The van der Waals surface area contributed by atoms with E-state index in [-0.39, 0.29) is 5.91 Å². The van der Waals surface area contributed by atoms with E-state index in [0.717, 1.165) is 35.1 Å². The molecular weight excluding hydrogens is 346 g/mol. The first-order valence-electron chi connectivity index (χ1n) is 8.54. The van der Waals surface area contributed by atoms with Crippen LogP contribution in [0.2, 0.25) is 0 Å². The van der Waals surface area contributed by atoms with Crippen LogP contribution in [0, 0.1) is 0 Å². The van der Waals surface area contributed by atoms with E-state index in [2.05, 4.69) is 19.7 Å². The molecule has 0 N–H and O–H groups in total.